The van der Waals surface area contributed by atoms with Crippen molar-refractivity contribution in [3.63, 3.8) is 0 Å². The van der Waals surface area contributed by atoms with Gasteiger partial charge in [0.05, 0.1) is 59.2 Å². The summed E-state index contributed by atoms with van der Waals surface area (Å²) in [6, 6.07) is -0.0116. The molecule has 0 aliphatic rings. The molecule has 2 rings (SSSR count). The molecule has 2 aromatic rings. The Kier molecular flexibility index (Phi) is 6.08. The molecular formula is C12H18BrN5OS. The van der Waals surface area contributed by atoms with Gasteiger partial charge >= 0.3 is 0 Å². The molecule has 20 heavy (non-hydrogen) atoms. The number of hydrogen-bond donors (Lipinski definition) is 1. The summed E-state index contributed by atoms with van der Waals surface area (Å²) in [4.78, 5) is 0. The molecule has 0 bridgehead atoms. The zero-order valence-electron chi connectivity index (χ0n) is 11.5. The molecule has 110 valence electrons. The minimum atomic E-state index is -0.0116. The lowest BCUT2D eigenvalue weighted by molar-refractivity contribution is 0.182. The fraction of sp³-hybridized carbons (Fsp3) is 0.583. The number of rotatable bonds is 8. The average molecular weight is 360 g/mol. The fourth-order valence-corrected chi connectivity index (χ4v) is 2.92. The highest BCUT2D eigenvalue weighted by Crippen LogP contribution is 2.27. The normalized spacial score (nSPS) is 12.8. The molecular weight excluding hydrogens is 342 g/mol. The van der Waals surface area contributed by atoms with Gasteiger partial charge in [-0.2, -0.15) is 13.8 Å². The maximum Gasteiger partial charge on any atom is 0.0974 e. The average Bonchev–Trinajstić information content (AvgIpc) is 3.09. The van der Waals surface area contributed by atoms with Crippen molar-refractivity contribution in [2.24, 2.45) is 0 Å². The van der Waals surface area contributed by atoms with Crippen LogP contribution in [0.4, 0.5) is 0 Å². The Morgan fingerprint density at radius 3 is 3.00 bits per heavy atom. The summed E-state index contributed by atoms with van der Waals surface area (Å²) in [6.45, 7) is 4.38. The first-order valence-corrected chi connectivity index (χ1v) is 8.01. The first kappa shape index (κ1) is 15.6. The van der Waals surface area contributed by atoms with Gasteiger partial charge in [-0.25, -0.2) is 0 Å². The van der Waals surface area contributed by atoms with Gasteiger partial charge in [-0.15, -0.1) is 0 Å². The van der Waals surface area contributed by atoms with Gasteiger partial charge in [-0.3, -0.25) is 4.68 Å². The molecule has 0 fully saturated rings. The second-order valence-corrected chi connectivity index (χ2v) is 5.72. The van der Waals surface area contributed by atoms with Gasteiger partial charge in [0.2, 0.25) is 0 Å². The van der Waals surface area contributed by atoms with E-state index in [0.717, 1.165) is 28.8 Å². The van der Waals surface area contributed by atoms with Crippen LogP contribution in [-0.2, 0) is 11.3 Å². The minimum absolute atomic E-state index is 0.0116. The highest BCUT2D eigenvalue weighted by Gasteiger charge is 2.23. The minimum Gasteiger partial charge on any atom is -0.383 e. The molecule has 0 spiro atoms. The zero-order valence-corrected chi connectivity index (χ0v) is 13.9. The van der Waals surface area contributed by atoms with Gasteiger partial charge in [0.15, 0.2) is 0 Å². The Balaban J connectivity index is 2.30. The summed E-state index contributed by atoms with van der Waals surface area (Å²) in [6.07, 6.45) is 4.67. The van der Waals surface area contributed by atoms with Crippen molar-refractivity contribution in [1.82, 2.24) is 23.8 Å². The van der Waals surface area contributed by atoms with E-state index in [9.17, 15) is 0 Å². The highest BCUT2D eigenvalue weighted by atomic mass is 79.9. The Hall–Kier alpha value is -0.830. The van der Waals surface area contributed by atoms with Crippen molar-refractivity contribution >= 4 is 27.7 Å². The van der Waals surface area contributed by atoms with E-state index in [0.29, 0.717) is 13.2 Å². The smallest absolute Gasteiger partial charge is 0.0974 e. The molecule has 0 aliphatic carbocycles. The molecule has 1 N–H and O–H groups in total. The molecule has 6 nitrogen and oxygen atoms in total. The standard InChI is InChI=1S/C12H18BrN5OS/c1-3-4-14-11(10-8-16-20-17-10)12-9(13)7-15-18(12)5-6-19-2/h7-8,11,14H,3-6H2,1-2H3. The van der Waals surface area contributed by atoms with Crippen LogP contribution < -0.4 is 5.32 Å². The largest absolute Gasteiger partial charge is 0.383 e. The summed E-state index contributed by atoms with van der Waals surface area (Å²) in [5.74, 6) is 0. The third-order valence-corrected chi connectivity index (χ3v) is 3.99. The molecule has 0 radical (unpaired) electrons. The summed E-state index contributed by atoms with van der Waals surface area (Å²) < 4.78 is 16.5. The summed E-state index contributed by atoms with van der Waals surface area (Å²) in [5, 5.41) is 7.90. The molecule has 1 atom stereocenters. The molecule has 8 heteroatoms. The molecule has 0 aromatic carbocycles. The van der Waals surface area contributed by atoms with E-state index in [1.165, 1.54) is 11.7 Å². The lowest BCUT2D eigenvalue weighted by atomic mass is 10.1. The predicted octanol–water partition coefficient (Wildman–Crippen LogP) is 2.23. The van der Waals surface area contributed by atoms with Crippen molar-refractivity contribution in [2.45, 2.75) is 25.9 Å². The van der Waals surface area contributed by atoms with Crippen LogP contribution in [0.5, 0.6) is 0 Å². The lowest BCUT2D eigenvalue weighted by Gasteiger charge is -2.18. The van der Waals surface area contributed by atoms with Gasteiger partial charge in [0.1, 0.15) is 0 Å². The van der Waals surface area contributed by atoms with Crippen molar-refractivity contribution in [3.8, 4) is 0 Å². The maximum atomic E-state index is 5.14. The number of nitrogens with one attached hydrogen (secondary N) is 1. The second kappa shape index (κ2) is 7.82. The van der Waals surface area contributed by atoms with E-state index in [1.54, 1.807) is 13.3 Å². The monoisotopic (exact) mass is 359 g/mol. The number of hydrogen-bond acceptors (Lipinski definition) is 6. The topological polar surface area (TPSA) is 64.9 Å². The number of nitrogens with zero attached hydrogens (tertiary/aromatic N) is 4. The third kappa shape index (κ3) is 3.63. The van der Waals surface area contributed by atoms with Crippen molar-refractivity contribution < 1.29 is 4.74 Å². The first-order valence-electron chi connectivity index (χ1n) is 6.48. The number of methoxy groups -OCH3 is 1. The molecule has 0 aliphatic heterocycles. The van der Waals surface area contributed by atoms with Gasteiger partial charge < -0.3 is 10.1 Å². The molecule has 0 saturated heterocycles. The Morgan fingerprint density at radius 2 is 2.35 bits per heavy atom. The Bertz CT molecular complexity index is 516. The molecule has 2 aromatic heterocycles. The SMILES string of the molecule is CCCNC(c1cnsn1)c1c(Br)cnn1CCOC. The Morgan fingerprint density at radius 1 is 1.50 bits per heavy atom. The van der Waals surface area contributed by atoms with Gasteiger partial charge in [-0.1, -0.05) is 6.92 Å². The van der Waals surface area contributed by atoms with Crippen LogP contribution in [0.25, 0.3) is 0 Å². The van der Waals surface area contributed by atoms with Crippen molar-refractivity contribution in [1.29, 1.82) is 0 Å². The van der Waals surface area contributed by atoms with E-state index < -0.39 is 0 Å². The number of halogens is 1. The van der Waals surface area contributed by atoms with Gasteiger partial charge in [-0.05, 0) is 28.9 Å². The fourth-order valence-electron chi connectivity index (χ4n) is 1.94. The molecule has 0 amide bonds. The third-order valence-electron chi connectivity index (χ3n) is 2.89. The Labute approximate surface area is 131 Å². The van der Waals surface area contributed by atoms with Crippen LogP contribution >= 0.6 is 27.7 Å². The summed E-state index contributed by atoms with van der Waals surface area (Å²) in [7, 11) is 1.69. The molecule has 0 saturated carbocycles. The summed E-state index contributed by atoms with van der Waals surface area (Å²) >= 11 is 4.80. The van der Waals surface area contributed by atoms with Crippen molar-refractivity contribution in [3.05, 3.63) is 28.3 Å². The van der Waals surface area contributed by atoms with Crippen LogP contribution in [0, 0.1) is 0 Å². The van der Waals surface area contributed by atoms with Gasteiger partial charge in [0, 0.05) is 7.11 Å². The van der Waals surface area contributed by atoms with E-state index in [4.69, 9.17) is 4.74 Å². The molecule has 2 heterocycles. The quantitative estimate of drug-likeness (QED) is 0.782. The second-order valence-electron chi connectivity index (χ2n) is 4.31. The van der Waals surface area contributed by atoms with Gasteiger partial charge in [0.25, 0.3) is 0 Å². The summed E-state index contributed by atoms with van der Waals surface area (Å²) in [5.41, 5.74) is 1.98. The van der Waals surface area contributed by atoms with E-state index >= 15 is 0 Å². The maximum absolute atomic E-state index is 5.14. The van der Waals surface area contributed by atoms with Crippen LogP contribution in [0.3, 0.4) is 0 Å². The van der Waals surface area contributed by atoms with Crippen LogP contribution in [0.2, 0.25) is 0 Å². The highest BCUT2D eigenvalue weighted by molar-refractivity contribution is 9.10. The predicted molar refractivity (Wildman–Crippen MR) is 81.8 cm³/mol. The van der Waals surface area contributed by atoms with Crippen LogP contribution in [-0.4, -0.2) is 38.8 Å². The van der Waals surface area contributed by atoms with Crippen molar-refractivity contribution in [2.75, 3.05) is 20.3 Å². The van der Waals surface area contributed by atoms with E-state index in [2.05, 4.69) is 42.0 Å². The van der Waals surface area contributed by atoms with Crippen LogP contribution in [0.1, 0.15) is 30.8 Å². The lowest BCUT2D eigenvalue weighted by Crippen LogP contribution is -2.27. The van der Waals surface area contributed by atoms with Crippen LogP contribution in [0.15, 0.2) is 16.9 Å². The number of aromatic nitrogens is 4. The molecule has 1 unspecified atom stereocenters. The number of ether oxygens (including phenoxy) is 1. The zero-order chi connectivity index (χ0) is 14.4. The van der Waals surface area contributed by atoms with E-state index in [-0.39, 0.29) is 6.04 Å². The van der Waals surface area contributed by atoms with E-state index in [1.807, 2.05) is 10.9 Å². The first-order chi connectivity index (χ1) is 9.77.